The highest BCUT2D eigenvalue weighted by Crippen LogP contribution is 2.45. The van der Waals surface area contributed by atoms with Gasteiger partial charge in [0, 0.05) is 23.9 Å². The molecule has 4 aliphatic rings. The smallest absolute Gasteiger partial charge is 0.408 e. The molecule has 0 bridgehead atoms. The molecule has 0 unspecified atom stereocenters. The number of aromatic nitrogens is 1. The summed E-state index contributed by atoms with van der Waals surface area (Å²) in [6.45, 7) is 9.17. The van der Waals surface area contributed by atoms with Crippen molar-refractivity contribution in [3.63, 3.8) is 0 Å². The molecule has 4 fully saturated rings. The minimum absolute atomic E-state index is 0.0305. The van der Waals surface area contributed by atoms with Gasteiger partial charge < -0.3 is 29.7 Å². The van der Waals surface area contributed by atoms with Crippen LogP contribution in [0.4, 0.5) is 4.79 Å². The number of nitrogens with zero attached hydrogens (tertiary/aromatic N) is 2. The van der Waals surface area contributed by atoms with E-state index in [0.29, 0.717) is 29.9 Å². The van der Waals surface area contributed by atoms with Crippen LogP contribution in [-0.4, -0.2) is 90.9 Å². The van der Waals surface area contributed by atoms with Crippen molar-refractivity contribution in [3.05, 3.63) is 43.1 Å². The third-order valence-corrected chi connectivity index (χ3v) is 12.6. The van der Waals surface area contributed by atoms with Gasteiger partial charge in [-0.05, 0) is 80.0 Å². The lowest BCUT2D eigenvalue weighted by Crippen LogP contribution is -2.60. The van der Waals surface area contributed by atoms with Crippen LogP contribution in [-0.2, 0) is 29.1 Å². The van der Waals surface area contributed by atoms with E-state index < -0.39 is 74.1 Å². The number of nitrogens with one attached hydrogen (secondary N) is 3. The van der Waals surface area contributed by atoms with Gasteiger partial charge in [-0.1, -0.05) is 33.3 Å². The van der Waals surface area contributed by atoms with Crippen LogP contribution in [0, 0.1) is 11.3 Å². The Labute approximate surface area is 304 Å². The number of alkyl carbamates (subject to hydrolysis) is 1. The van der Waals surface area contributed by atoms with Gasteiger partial charge in [0.1, 0.15) is 35.6 Å². The molecule has 1 aromatic heterocycles. The van der Waals surface area contributed by atoms with E-state index in [2.05, 4.69) is 26.9 Å². The van der Waals surface area contributed by atoms with Crippen LogP contribution in [0.15, 0.2) is 43.1 Å². The van der Waals surface area contributed by atoms with Gasteiger partial charge >= 0.3 is 6.09 Å². The highest BCUT2D eigenvalue weighted by molar-refractivity contribution is 7.90. The first-order valence-electron chi connectivity index (χ1n) is 18.0. The number of ether oxygens (including phenoxy) is 3. The zero-order valence-corrected chi connectivity index (χ0v) is 31.0. The third kappa shape index (κ3) is 7.69. The summed E-state index contributed by atoms with van der Waals surface area (Å²) < 4.78 is 45.4. The average Bonchev–Trinajstić information content (AvgIpc) is 3.32. The molecule has 5 atom stereocenters. The monoisotopic (exact) mass is 739 g/mol. The van der Waals surface area contributed by atoms with Gasteiger partial charge in [-0.25, -0.2) is 18.2 Å². The zero-order chi connectivity index (χ0) is 37.4. The quantitative estimate of drug-likeness (QED) is 0.271. The molecular formula is C37H49N5O9S. The van der Waals surface area contributed by atoms with Crippen molar-refractivity contribution in [3.8, 4) is 11.6 Å². The van der Waals surface area contributed by atoms with Crippen LogP contribution in [0.2, 0.25) is 0 Å². The Morgan fingerprint density at radius 1 is 1.06 bits per heavy atom. The van der Waals surface area contributed by atoms with Gasteiger partial charge in [-0.3, -0.25) is 19.1 Å². The van der Waals surface area contributed by atoms with Gasteiger partial charge in [-0.2, -0.15) is 0 Å². The van der Waals surface area contributed by atoms with Crippen molar-refractivity contribution in [2.24, 2.45) is 11.3 Å². The Hall–Kier alpha value is -4.40. The van der Waals surface area contributed by atoms with Gasteiger partial charge in [0.15, 0.2) is 0 Å². The summed E-state index contributed by atoms with van der Waals surface area (Å²) in [4.78, 5) is 61.2. The van der Waals surface area contributed by atoms with Crippen molar-refractivity contribution >= 4 is 44.6 Å². The van der Waals surface area contributed by atoms with Crippen LogP contribution in [0.5, 0.6) is 11.6 Å². The number of likely N-dealkylation sites (tertiary alicyclic amines) is 1. The molecule has 2 heterocycles. The Kier molecular flexibility index (Phi) is 10.5. The molecule has 4 amide bonds. The maximum absolute atomic E-state index is 14.5. The molecule has 52 heavy (non-hydrogen) atoms. The van der Waals surface area contributed by atoms with E-state index >= 15 is 0 Å². The molecular weight excluding hydrogens is 691 g/mol. The highest BCUT2D eigenvalue weighted by atomic mass is 32.2. The molecule has 1 saturated heterocycles. The van der Waals surface area contributed by atoms with Gasteiger partial charge in [0.05, 0.1) is 18.9 Å². The topological polar surface area (TPSA) is 182 Å². The van der Waals surface area contributed by atoms with Gasteiger partial charge in [0.25, 0.3) is 5.91 Å². The number of amides is 4. The van der Waals surface area contributed by atoms with Crippen LogP contribution >= 0.6 is 0 Å². The van der Waals surface area contributed by atoms with E-state index in [9.17, 15) is 27.6 Å². The Morgan fingerprint density at radius 2 is 1.79 bits per heavy atom. The zero-order valence-electron chi connectivity index (χ0n) is 30.2. The molecule has 3 aliphatic carbocycles. The molecule has 2 aromatic rings. The Balaban J connectivity index is 1.27. The van der Waals surface area contributed by atoms with Gasteiger partial charge in [-0.15, -0.1) is 6.58 Å². The van der Waals surface area contributed by atoms with Crippen LogP contribution in [0.25, 0.3) is 10.8 Å². The summed E-state index contributed by atoms with van der Waals surface area (Å²) >= 11 is 0. The normalized spacial score (nSPS) is 25.5. The first kappa shape index (κ1) is 37.4. The molecule has 6 rings (SSSR count). The van der Waals surface area contributed by atoms with E-state index in [1.807, 2.05) is 18.2 Å². The molecule has 14 nitrogen and oxygen atoms in total. The second kappa shape index (κ2) is 14.6. The number of carbonyl (C=O) groups excluding carboxylic acids is 4. The molecule has 3 saturated carbocycles. The number of benzene rings is 1. The van der Waals surface area contributed by atoms with E-state index in [0.717, 1.165) is 37.5 Å². The second-order valence-electron chi connectivity index (χ2n) is 15.5. The molecule has 3 N–H and O–H groups in total. The average molecular weight is 740 g/mol. The predicted octanol–water partition coefficient (Wildman–Crippen LogP) is 3.73. The molecule has 1 aliphatic heterocycles. The Morgan fingerprint density at radius 3 is 2.40 bits per heavy atom. The van der Waals surface area contributed by atoms with Crippen LogP contribution in [0.3, 0.4) is 0 Å². The molecule has 1 aromatic carbocycles. The largest absolute Gasteiger partial charge is 0.497 e. The summed E-state index contributed by atoms with van der Waals surface area (Å²) in [7, 11) is -2.35. The fraction of sp³-hybridized carbons (Fsp3) is 0.595. The van der Waals surface area contributed by atoms with E-state index in [1.54, 1.807) is 40.1 Å². The first-order valence-corrected chi connectivity index (χ1v) is 19.6. The summed E-state index contributed by atoms with van der Waals surface area (Å²) in [5.74, 6) is -1.58. The molecule has 282 valence electrons. The third-order valence-electron chi connectivity index (χ3n) is 10.8. The van der Waals surface area contributed by atoms with Crippen molar-refractivity contribution in [2.75, 3.05) is 13.7 Å². The maximum atomic E-state index is 14.5. The number of sulfonamides is 1. The number of pyridine rings is 1. The van der Waals surface area contributed by atoms with E-state index in [4.69, 9.17) is 14.2 Å². The standard InChI is InChI=1S/C37H49N5O9S/c1-6-23-20-37(23,34(45)41-52(47,48)27-12-9-13-27)40-31(43)29-19-26(50-32-28-15-14-25(49-5)18-22(28)16-17-38-32)21-42(29)33(44)30(36(2,3)4)39-35(46)51-24-10-7-8-11-24/h6,14-18,23-24,26-27,29-30H,1,7-13,19-21H2,2-5H3,(H,39,46)(H,40,43)(H,41,45)/t23-,26-,29+,30-,37-/m1/s1. The maximum Gasteiger partial charge on any atom is 0.408 e. The number of fused-ring (bicyclic) bond motifs is 1. The molecule has 15 heteroatoms. The number of rotatable bonds is 12. The lowest BCUT2D eigenvalue weighted by atomic mass is 9.85. The second-order valence-corrected chi connectivity index (χ2v) is 17.4. The summed E-state index contributed by atoms with van der Waals surface area (Å²) in [6.07, 6.45) is 6.77. The van der Waals surface area contributed by atoms with Crippen molar-refractivity contribution in [2.45, 2.75) is 114 Å². The number of methoxy groups -OCH3 is 1. The lowest BCUT2D eigenvalue weighted by molar-refractivity contribution is -0.143. The number of carbonyl (C=O) groups is 4. The van der Waals surface area contributed by atoms with Crippen LogP contribution in [0.1, 0.15) is 78.6 Å². The van der Waals surface area contributed by atoms with Gasteiger partial charge in [0.2, 0.25) is 27.7 Å². The predicted molar refractivity (Wildman–Crippen MR) is 192 cm³/mol. The number of hydrogen-bond donors (Lipinski definition) is 3. The summed E-state index contributed by atoms with van der Waals surface area (Å²) in [6, 6.07) is 5.04. The van der Waals surface area contributed by atoms with Crippen molar-refractivity contribution in [1.29, 1.82) is 0 Å². The summed E-state index contributed by atoms with van der Waals surface area (Å²) in [5.41, 5.74) is -2.34. The van der Waals surface area contributed by atoms with E-state index in [-0.39, 0.29) is 25.5 Å². The molecule has 0 radical (unpaired) electrons. The molecule has 0 spiro atoms. The summed E-state index contributed by atoms with van der Waals surface area (Å²) in [5, 5.41) is 6.44. The first-order chi connectivity index (χ1) is 24.6. The van der Waals surface area contributed by atoms with Crippen molar-refractivity contribution < 1.29 is 41.8 Å². The van der Waals surface area contributed by atoms with Crippen molar-refractivity contribution in [1.82, 2.24) is 25.2 Å². The highest BCUT2D eigenvalue weighted by Gasteiger charge is 2.62. The fourth-order valence-electron chi connectivity index (χ4n) is 7.33. The Bertz CT molecular complexity index is 1840. The van der Waals surface area contributed by atoms with Crippen LogP contribution < -0.4 is 24.8 Å². The van der Waals surface area contributed by atoms with E-state index in [1.165, 1.54) is 11.0 Å². The SMILES string of the molecule is C=C[C@@H]1C[C@]1(NC(=O)[C@@H]1C[C@@H](Oc2nccc3cc(OC)ccc23)CN1C(=O)[C@@H](NC(=O)OC1CCCC1)C(C)(C)C)C(=O)NS(=O)(=O)C1CCC1. The lowest BCUT2D eigenvalue weighted by Gasteiger charge is -2.35. The fourth-order valence-corrected chi connectivity index (χ4v) is 8.89. The minimum atomic E-state index is -3.93. The number of hydrogen-bond acceptors (Lipinski definition) is 10. The minimum Gasteiger partial charge on any atom is -0.497 e.